The van der Waals surface area contributed by atoms with E-state index in [1.54, 1.807) is 30.3 Å². The summed E-state index contributed by atoms with van der Waals surface area (Å²) >= 11 is 4.82. The van der Waals surface area contributed by atoms with Crippen LogP contribution in [0.15, 0.2) is 46.3 Å². The Morgan fingerprint density at radius 2 is 2.00 bits per heavy atom. The normalized spacial score (nSPS) is 10.3. The van der Waals surface area contributed by atoms with Gasteiger partial charge in [0, 0.05) is 16.6 Å². The number of thiophene rings is 1. The van der Waals surface area contributed by atoms with Crippen LogP contribution < -0.4 is 5.32 Å². The summed E-state index contributed by atoms with van der Waals surface area (Å²) in [5.41, 5.74) is 1.45. The smallest absolute Gasteiger partial charge is 0.331 e. The molecule has 24 heavy (non-hydrogen) atoms. The van der Waals surface area contributed by atoms with Gasteiger partial charge in [0.1, 0.15) is 0 Å². The maximum atomic E-state index is 11.7. The number of carbonyl (C=O) groups excluding carboxylic acids is 2. The molecule has 1 amide bonds. The van der Waals surface area contributed by atoms with Crippen molar-refractivity contribution in [1.29, 1.82) is 5.26 Å². The van der Waals surface area contributed by atoms with Gasteiger partial charge in [-0.1, -0.05) is 12.1 Å². The quantitative estimate of drug-likeness (QED) is 0.586. The molecule has 2 aromatic rings. The van der Waals surface area contributed by atoms with Gasteiger partial charge in [0.25, 0.3) is 5.91 Å². The van der Waals surface area contributed by atoms with E-state index in [2.05, 4.69) is 21.2 Å². The van der Waals surface area contributed by atoms with Crippen molar-refractivity contribution in [1.82, 2.24) is 0 Å². The van der Waals surface area contributed by atoms with Gasteiger partial charge in [-0.2, -0.15) is 5.26 Å². The number of hydrogen-bond donors (Lipinski definition) is 1. The zero-order valence-electron chi connectivity index (χ0n) is 12.5. The summed E-state index contributed by atoms with van der Waals surface area (Å²) in [5, 5.41) is 11.2. The lowest BCUT2D eigenvalue weighted by Gasteiger charge is -2.05. The molecule has 2 rings (SSSR count). The summed E-state index contributed by atoms with van der Waals surface area (Å²) in [6.45, 7) is -0.364. The van der Waals surface area contributed by atoms with Crippen LogP contribution in [0.4, 0.5) is 5.69 Å². The van der Waals surface area contributed by atoms with Crippen molar-refractivity contribution in [2.75, 3.05) is 11.9 Å². The van der Waals surface area contributed by atoms with E-state index in [0.29, 0.717) is 12.1 Å². The van der Waals surface area contributed by atoms with Gasteiger partial charge in [-0.25, -0.2) is 4.79 Å². The predicted molar refractivity (Wildman–Crippen MR) is 96.4 cm³/mol. The van der Waals surface area contributed by atoms with Crippen molar-refractivity contribution < 1.29 is 14.3 Å². The lowest BCUT2D eigenvalue weighted by atomic mass is 10.1. The molecule has 0 unspecified atom stereocenters. The van der Waals surface area contributed by atoms with Crippen LogP contribution in [0.5, 0.6) is 0 Å². The minimum absolute atomic E-state index is 0.318. The summed E-state index contributed by atoms with van der Waals surface area (Å²) in [4.78, 5) is 24.2. The van der Waals surface area contributed by atoms with E-state index in [4.69, 9.17) is 10.00 Å². The summed E-state index contributed by atoms with van der Waals surface area (Å²) in [6, 6.07) is 12.7. The van der Waals surface area contributed by atoms with Crippen molar-refractivity contribution in [2.45, 2.75) is 6.42 Å². The molecule has 1 aromatic carbocycles. The van der Waals surface area contributed by atoms with Crippen molar-refractivity contribution in [3.63, 3.8) is 0 Å². The highest BCUT2D eigenvalue weighted by Crippen LogP contribution is 2.22. The number of amides is 1. The third-order valence-corrected chi connectivity index (χ3v) is 4.43. The van der Waals surface area contributed by atoms with Gasteiger partial charge in [0.05, 0.1) is 16.3 Å². The molecule has 0 atom stereocenters. The molecule has 1 heterocycles. The fourth-order valence-corrected chi connectivity index (χ4v) is 3.07. The van der Waals surface area contributed by atoms with Crippen LogP contribution in [-0.2, 0) is 20.7 Å². The standard InChI is InChI=1S/C17H13BrN2O3S/c18-15-7-5-14(24-15)6-8-17(22)23-11-16(21)20-13-3-1-12(2-4-13)9-10-19/h1-8H,9,11H2,(H,20,21)/b8-6+. The van der Waals surface area contributed by atoms with Crippen molar-refractivity contribution in [3.8, 4) is 6.07 Å². The number of hydrogen-bond acceptors (Lipinski definition) is 5. The van der Waals surface area contributed by atoms with E-state index in [9.17, 15) is 9.59 Å². The summed E-state index contributed by atoms with van der Waals surface area (Å²) in [6.07, 6.45) is 3.23. The highest BCUT2D eigenvalue weighted by Gasteiger charge is 2.06. The minimum atomic E-state index is -0.584. The summed E-state index contributed by atoms with van der Waals surface area (Å²) < 4.78 is 5.85. The highest BCUT2D eigenvalue weighted by atomic mass is 79.9. The number of nitrogens with one attached hydrogen (secondary N) is 1. The molecule has 0 bridgehead atoms. The fourth-order valence-electron chi connectivity index (χ4n) is 1.75. The Bertz CT molecular complexity index is 791. The summed E-state index contributed by atoms with van der Waals surface area (Å²) in [7, 11) is 0. The number of carbonyl (C=O) groups is 2. The average Bonchev–Trinajstić information content (AvgIpc) is 2.98. The molecule has 0 saturated carbocycles. The lowest BCUT2D eigenvalue weighted by Crippen LogP contribution is -2.20. The zero-order chi connectivity index (χ0) is 17.4. The zero-order valence-corrected chi connectivity index (χ0v) is 14.9. The number of anilines is 1. The van der Waals surface area contributed by atoms with Gasteiger partial charge in [0.2, 0.25) is 0 Å². The molecule has 0 aliphatic heterocycles. The summed E-state index contributed by atoms with van der Waals surface area (Å²) in [5.74, 6) is -1.01. The molecule has 0 aliphatic rings. The van der Waals surface area contributed by atoms with Crippen molar-refractivity contribution in [2.24, 2.45) is 0 Å². The van der Waals surface area contributed by atoms with Crippen molar-refractivity contribution >= 4 is 50.9 Å². The number of ether oxygens (including phenoxy) is 1. The third kappa shape index (κ3) is 5.99. The molecule has 0 fully saturated rings. The number of rotatable bonds is 6. The van der Waals surface area contributed by atoms with E-state index in [1.165, 1.54) is 17.4 Å². The van der Waals surface area contributed by atoms with Crippen LogP contribution in [0.1, 0.15) is 10.4 Å². The molecule has 5 nitrogen and oxygen atoms in total. The fraction of sp³-hybridized carbons (Fsp3) is 0.118. The Morgan fingerprint density at radius 1 is 1.25 bits per heavy atom. The Morgan fingerprint density at radius 3 is 2.62 bits per heavy atom. The average molecular weight is 405 g/mol. The highest BCUT2D eigenvalue weighted by molar-refractivity contribution is 9.11. The molecule has 1 N–H and O–H groups in total. The number of esters is 1. The number of nitrogens with zero attached hydrogens (tertiary/aromatic N) is 1. The van der Waals surface area contributed by atoms with Gasteiger partial charge in [0.15, 0.2) is 6.61 Å². The molecule has 0 radical (unpaired) electrons. The second-order valence-corrected chi connectivity index (χ2v) is 7.16. The van der Waals surface area contributed by atoms with Gasteiger partial charge in [-0.3, -0.25) is 4.79 Å². The van der Waals surface area contributed by atoms with Crippen LogP contribution >= 0.6 is 27.3 Å². The van der Waals surface area contributed by atoms with Crippen LogP contribution in [0.2, 0.25) is 0 Å². The van der Waals surface area contributed by atoms with Crippen LogP contribution in [0.25, 0.3) is 6.08 Å². The second-order valence-electron chi connectivity index (χ2n) is 4.66. The molecular weight excluding hydrogens is 392 g/mol. The van der Waals surface area contributed by atoms with Gasteiger partial charge in [-0.05, 0) is 51.8 Å². The first-order chi connectivity index (χ1) is 11.6. The predicted octanol–water partition coefficient (Wildman–Crippen LogP) is 3.77. The van der Waals surface area contributed by atoms with Gasteiger partial charge < -0.3 is 10.1 Å². The number of nitriles is 1. The minimum Gasteiger partial charge on any atom is -0.452 e. The number of benzene rings is 1. The molecule has 0 spiro atoms. The van der Waals surface area contributed by atoms with Gasteiger partial charge in [-0.15, -0.1) is 11.3 Å². The van der Waals surface area contributed by atoms with E-state index in [0.717, 1.165) is 14.2 Å². The van der Waals surface area contributed by atoms with E-state index < -0.39 is 11.9 Å². The Kier molecular flexibility index (Phi) is 6.73. The molecule has 1 aromatic heterocycles. The van der Waals surface area contributed by atoms with E-state index in [1.807, 2.05) is 18.2 Å². The monoisotopic (exact) mass is 404 g/mol. The molecule has 122 valence electrons. The van der Waals surface area contributed by atoms with E-state index in [-0.39, 0.29) is 6.61 Å². The largest absolute Gasteiger partial charge is 0.452 e. The molecular formula is C17H13BrN2O3S. The first kappa shape index (κ1) is 17.9. The van der Waals surface area contributed by atoms with Crippen LogP contribution in [0, 0.1) is 11.3 Å². The Hall–Kier alpha value is -2.43. The number of halogens is 1. The molecule has 0 aliphatic carbocycles. The molecule has 7 heteroatoms. The third-order valence-electron chi connectivity index (χ3n) is 2.84. The Balaban J connectivity index is 1.77. The SMILES string of the molecule is N#CCc1ccc(NC(=O)COC(=O)/C=C/c2ccc(Br)s2)cc1. The lowest BCUT2D eigenvalue weighted by molar-refractivity contribution is -0.142. The first-order valence-corrected chi connectivity index (χ1v) is 8.53. The Labute approximate surface area is 151 Å². The van der Waals surface area contributed by atoms with Crippen molar-refractivity contribution in [3.05, 3.63) is 56.7 Å². The molecule has 0 saturated heterocycles. The van der Waals surface area contributed by atoms with E-state index >= 15 is 0 Å². The van der Waals surface area contributed by atoms with Crippen LogP contribution in [0.3, 0.4) is 0 Å². The second kappa shape index (κ2) is 9.01. The topological polar surface area (TPSA) is 79.2 Å². The first-order valence-electron chi connectivity index (χ1n) is 6.93. The van der Waals surface area contributed by atoms with Crippen LogP contribution in [-0.4, -0.2) is 18.5 Å². The van der Waals surface area contributed by atoms with Gasteiger partial charge >= 0.3 is 5.97 Å². The maximum Gasteiger partial charge on any atom is 0.331 e. The maximum absolute atomic E-state index is 11.7.